The second-order valence-corrected chi connectivity index (χ2v) is 4.16. The molecule has 14 heavy (non-hydrogen) atoms. The third-order valence-corrected chi connectivity index (χ3v) is 2.37. The summed E-state index contributed by atoms with van der Waals surface area (Å²) in [6.45, 7) is 3.60. The number of aromatic nitrogens is 1. The highest BCUT2D eigenvalue weighted by atomic mass is 32.2. The zero-order valence-corrected chi connectivity index (χ0v) is 9.17. The summed E-state index contributed by atoms with van der Waals surface area (Å²) in [5.74, 6) is 0.713. The first kappa shape index (κ1) is 11.0. The van der Waals surface area contributed by atoms with Gasteiger partial charge >= 0.3 is 0 Å². The minimum absolute atomic E-state index is 0.145. The fourth-order valence-electron chi connectivity index (χ4n) is 0.985. The summed E-state index contributed by atoms with van der Waals surface area (Å²) in [5.41, 5.74) is 2.13. The highest BCUT2D eigenvalue weighted by molar-refractivity contribution is 8.13. The van der Waals surface area contributed by atoms with Crippen LogP contribution in [0.15, 0.2) is 24.4 Å². The summed E-state index contributed by atoms with van der Waals surface area (Å²) in [6, 6.07) is 3.97. The Bertz CT molecular complexity index is 347. The third-order valence-electron chi connectivity index (χ3n) is 1.61. The molecule has 1 rings (SSSR count). The fourth-order valence-corrected chi connectivity index (χ4v) is 1.41. The number of nitrogens with zero attached hydrogens (tertiary/aromatic N) is 1. The van der Waals surface area contributed by atoms with E-state index >= 15 is 0 Å². The van der Waals surface area contributed by atoms with Gasteiger partial charge in [0.15, 0.2) is 5.12 Å². The van der Waals surface area contributed by atoms with Crippen LogP contribution in [0.1, 0.15) is 18.2 Å². The van der Waals surface area contributed by atoms with Crippen molar-refractivity contribution >= 4 is 23.0 Å². The van der Waals surface area contributed by atoms with E-state index in [9.17, 15) is 4.79 Å². The summed E-state index contributed by atoms with van der Waals surface area (Å²) >= 11 is 1.30. The Kier molecular flexibility index (Phi) is 4.40. The molecule has 0 atom stereocenters. The normalized spacial score (nSPS) is 10.7. The van der Waals surface area contributed by atoms with E-state index in [2.05, 4.69) is 4.98 Å². The molecule has 0 aromatic carbocycles. The van der Waals surface area contributed by atoms with E-state index in [1.807, 2.05) is 31.2 Å². The van der Waals surface area contributed by atoms with Crippen molar-refractivity contribution < 1.29 is 4.79 Å². The number of thioether (sulfide) groups is 1. The number of rotatable bonds is 3. The molecule has 0 fully saturated rings. The molecule has 0 saturated heterocycles. The largest absolute Gasteiger partial charge is 0.288 e. The molecule has 0 bridgehead atoms. The van der Waals surface area contributed by atoms with E-state index in [4.69, 9.17) is 0 Å². The van der Waals surface area contributed by atoms with E-state index in [0.717, 1.165) is 5.69 Å². The highest BCUT2D eigenvalue weighted by Crippen LogP contribution is 2.05. The van der Waals surface area contributed by atoms with Crippen LogP contribution < -0.4 is 0 Å². The second-order valence-electron chi connectivity index (χ2n) is 2.96. The van der Waals surface area contributed by atoms with Crippen molar-refractivity contribution in [2.75, 3.05) is 5.75 Å². The number of carbonyl (C=O) groups excluding carboxylic acids is 1. The predicted octanol–water partition coefficient (Wildman–Crippen LogP) is 2.68. The average molecular weight is 207 g/mol. The van der Waals surface area contributed by atoms with E-state index < -0.39 is 0 Å². The highest BCUT2D eigenvalue weighted by Gasteiger charge is 1.91. The van der Waals surface area contributed by atoms with Crippen molar-refractivity contribution in [3.05, 3.63) is 35.7 Å². The molecule has 0 spiro atoms. The zero-order chi connectivity index (χ0) is 10.4. The molecule has 0 radical (unpaired) electrons. The minimum Gasteiger partial charge on any atom is -0.288 e. The van der Waals surface area contributed by atoms with Gasteiger partial charge in [0.2, 0.25) is 0 Å². The van der Waals surface area contributed by atoms with Crippen molar-refractivity contribution in [2.24, 2.45) is 0 Å². The lowest BCUT2D eigenvalue weighted by Crippen LogP contribution is -1.83. The predicted molar refractivity (Wildman–Crippen MR) is 61.1 cm³/mol. The standard InChI is InChI=1S/C11H13NOS/c1-9-5-6-12-11(8-9)4-3-7-14-10(2)13/h3-6,8H,7H2,1-2H3. The third kappa shape index (κ3) is 4.23. The molecule has 0 unspecified atom stereocenters. The number of hydrogen-bond donors (Lipinski definition) is 0. The molecule has 0 aliphatic rings. The first-order valence-corrected chi connectivity index (χ1v) is 5.39. The fraction of sp³-hybridized carbons (Fsp3) is 0.273. The van der Waals surface area contributed by atoms with Crippen LogP contribution in [-0.4, -0.2) is 15.9 Å². The molecule has 0 aliphatic heterocycles. The summed E-state index contributed by atoms with van der Waals surface area (Å²) in [7, 11) is 0. The van der Waals surface area contributed by atoms with Crippen LogP contribution in [0.4, 0.5) is 0 Å². The van der Waals surface area contributed by atoms with Crippen molar-refractivity contribution in [1.82, 2.24) is 4.98 Å². The van der Waals surface area contributed by atoms with E-state index in [1.54, 1.807) is 13.1 Å². The Morgan fingerprint density at radius 2 is 2.43 bits per heavy atom. The average Bonchev–Trinajstić information content (AvgIpc) is 2.12. The van der Waals surface area contributed by atoms with E-state index in [1.165, 1.54) is 17.3 Å². The molecule has 1 aromatic heterocycles. The number of carbonyl (C=O) groups is 1. The van der Waals surface area contributed by atoms with Crippen LogP contribution >= 0.6 is 11.8 Å². The van der Waals surface area contributed by atoms with Crippen LogP contribution in [0, 0.1) is 6.92 Å². The zero-order valence-electron chi connectivity index (χ0n) is 8.36. The molecule has 1 heterocycles. The molecule has 0 aliphatic carbocycles. The van der Waals surface area contributed by atoms with E-state index in [0.29, 0.717) is 5.75 Å². The number of aryl methyl sites for hydroxylation is 1. The lowest BCUT2D eigenvalue weighted by atomic mass is 10.2. The topological polar surface area (TPSA) is 30.0 Å². The maximum absolute atomic E-state index is 10.6. The molecular weight excluding hydrogens is 194 g/mol. The van der Waals surface area contributed by atoms with Crippen molar-refractivity contribution in [2.45, 2.75) is 13.8 Å². The van der Waals surface area contributed by atoms with Gasteiger partial charge in [-0.25, -0.2) is 0 Å². The SMILES string of the molecule is CC(=O)SCC=Cc1cc(C)ccn1. The summed E-state index contributed by atoms with van der Waals surface area (Å²) in [6.07, 6.45) is 5.67. The van der Waals surface area contributed by atoms with Crippen molar-refractivity contribution in [3.8, 4) is 0 Å². The molecule has 2 nitrogen and oxygen atoms in total. The van der Waals surface area contributed by atoms with Gasteiger partial charge in [0.05, 0.1) is 5.69 Å². The Morgan fingerprint density at radius 1 is 1.64 bits per heavy atom. The lowest BCUT2D eigenvalue weighted by Gasteiger charge is -1.94. The van der Waals surface area contributed by atoms with Crippen LogP contribution in [-0.2, 0) is 4.79 Å². The Hall–Kier alpha value is -1.09. The van der Waals surface area contributed by atoms with Gasteiger partial charge in [0.25, 0.3) is 0 Å². The molecule has 0 N–H and O–H groups in total. The van der Waals surface area contributed by atoms with Crippen LogP contribution in [0.2, 0.25) is 0 Å². The van der Waals surface area contributed by atoms with Crippen molar-refractivity contribution in [3.63, 3.8) is 0 Å². The number of pyridine rings is 1. The Labute approximate surface area is 88.4 Å². The van der Waals surface area contributed by atoms with Crippen molar-refractivity contribution in [1.29, 1.82) is 0 Å². The molecule has 74 valence electrons. The molecule has 0 amide bonds. The van der Waals surface area contributed by atoms with Gasteiger partial charge in [0.1, 0.15) is 0 Å². The molecule has 0 saturated carbocycles. The maximum atomic E-state index is 10.6. The van der Waals surface area contributed by atoms with Crippen LogP contribution in [0.25, 0.3) is 6.08 Å². The quantitative estimate of drug-likeness (QED) is 0.763. The van der Waals surface area contributed by atoms with Gasteiger partial charge in [-0.3, -0.25) is 9.78 Å². The van der Waals surface area contributed by atoms with Gasteiger partial charge in [-0.05, 0) is 30.7 Å². The molecule has 1 aromatic rings. The smallest absolute Gasteiger partial charge is 0.186 e. The number of hydrogen-bond acceptors (Lipinski definition) is 3. The molecule has 3 heteroatoms. The monoisotopic (exact) mass is 207 g/mol. The van der Waals surface area contributed by atoms with Gasteiger partial charge in [0, 0.05) is 18.9 Å². The summed E-state index contributed by atoms with van der Waals surface area (Å²) in [4.78, 5) is 14.8. The molecular formula is C11H13NOS. The van der Waals surface area contributed by atoms with Gasteiger partial charge in [-0.1, -0.05) is 17.8 Å². The Morgan fingerprint density at radius 3 is 3.07 bits per heavy atom. The first-order valence-electron chi connectivity index (χ1n) is 4.41. The Balaban J connectivity index is 2.47. The van der Waals surface area contributed by atoms with Crippen LogP contribution in [0.3, 0.4) is 0 Å². The first-order chi connectivity index (χ1) is 6.68. The van der Waals surface area contributed by atoms with Crippen LogP contribution in [0.5, 0.6) is 0 Å². The summed E-state index contributed by atoms with van der Waals surface area (Å²) in [5, 5.41) is 0.145. The minimum atomic E-state index is 0.145. The van der Waals surface area contributed by atoms with Gasteiger partial charge in [-0.15, -0.1) is 0 Å². The van der Waals surface area contributed by atoms with Gasteiger partial charge in [-0.2, -0.15) is 0 Å². The van der Waals surface area contributed by atoms with E-state index in [-0.39, 0.29) is 5.12 Å². The lowest BCUT2D eigenvalue weighted by molar-refractivity contribution is -0.109. The maximum Gasteiger partial charge on any atom is 0.186 e. The second kappa shape index (κ2) is 5.60. The summed E-state index contributed by atoms with van der Waals surface area (Å²) < 4.78 is 0. The van der Waals surface area contributed by atoms with Gasteiger partial charge < -0.3 is 0 Å².